The molecule has 1 saturated heterocycles. The summed E-state index contributed by atoms with van der Waals surface area (Å²) >= 11 is 0. The zero-order valence-electron chi connectivity index (χ0n) is 16.2. The van der Waals surface area contributed by atoms with Gasteiger partial charge in [-0.3, -0.25) is 4.99 Å². The second-order valence-corrected chi connectivity index (χ2v) is 7.13. The van der Waals surface area contributed by atoms with Crippen molar-refractivity contribution in [2.45, 2.75) is 51.0 Å². The summed E-state index contributed by atoms with van der Waals surface area (Å²) in [5, 5.41) is 3.48. The minimum Gasteiger partial charge on any atom is -0.382 e. The van der Waals surface area contributed by atoms with Crippen LogP contribution in [0, 0.1) is 5.92 Å². The van der Waals surface area contributed by atoms with Crippen molar-refractivity contribution >= 4 is 5.96 Å². The van der Waals surface area contributed by atoms with Crippen molar-refractivity contribution in [2.75, 3.05) is 60.2 Å². The fourth-order valence-electron chi connectivity index (χ4n) is 3.64. The van der Waals surface area contributed by atoms with E-state index in [-0.39, 0.29) is 0 Å². The molecule has 1 atom stereocenters. The monoisotopic (exact) mass is 355 g/mol. The molecule has 0 radical (unpaired) electrons. The van der Waals surface area contributed by atoms with Crippen molar-refractivity contribution < 1.29 is 14.2 Å². The van der Waals surface area contributed by atoms with Gasteiger partial charge in [-0.2, -0.15) is 0 Å². The first-order chi connectivity index (χ1) is 12.3. The van der Waals surface area contributed by atoms with Gasteiger partial charge in [-0.05, 0) is 25.7 Å². The van der Waals surface area contributed by atoms with Crippen molar-refractivity contribution in [3.05, 3.63) is 0 Å². The Kier molecular flexibility index (Phi) is 10.2. The molecule has 1 saturated carbocycles. The fraction of sp³-hybridized carbons (Fsp3) is 0.947. The van der Waals surface area contributed by atoms with Gasteiger partial charge in [0.15, 0.2) is 5.96 Å². The zero-order chi connectivity index (χ0) is 17.7. The molecule has 2 aliphatic rings. The van der Waals surface area contributed by atoms with E-state index in [4.69, 9.17) is 14.2 Å². The number of nitrogens with zero attached hydrogens (tertiary/aromatic N) is 2. The molecule has 2 fully saturated rings. The average Bonchev–Trinajstić information content (AvgIpc) is 3.11. The van der Waals surface area contributed by atoms with Gasteiger partial charge in [0.2, 0.25) is 0 Å². The highest BCUT2D eigenvalue weighted by Gasteiger charge is 2.24. The van der Waals surface area contributed by atoms with Crippen LogP contribution in [0.25, 0.3) is 0 Å². The molecule has 25 heavy (non-hydrogen) atoms. The summed E-state index contributed by atoms with van der Waals surface area (Å²) in [7, 11) is 3.57. The maximum absolute atomic E-state index is 5.98. The van der Waals surface area contributed by atoms with E-state index in [1.54, 1.807) is 7.11 Å². The Hall–Kier alpha value is -0.850. The standard InChI is InChI=1S/C19H37N3O3/c1-20-19(21-10-6-12-25-18-7-4-3-5-8-18)22-11-9-17(15-22)16-24-14-13-23-2/h17-18H,3-16H2,1-2H3,(H,20,21). The van der Waals surface area contributed by atoms with E-state index < -0.39 is 0 Å². The molecule has 0 amide bonds. The van der Waals surface area contributed by atoms with Crippen LogP contribution in [0.3, 0.4) is 0 Å². The van der Waals surface area contributed by atoms with Crippen molar-refractivity contribution in [3.63, 3.8) is 0 Å². The summed E-state index contributed by atoms with van der Waals surface area (Å²) in [6, 6.07) is 0. The average molecular weight is 356 g/mol. The number of hydrogen-bond donors (Lipinski definition) is 1. The lowest BCUT2D eigenvalue weighted by atomic mass is 9.98. The maximum atomic E-state index is 5.98. The van der Waals surface area contributed by atoms with Gasteiger partial charge < -0.3 is 24.4 Å². The molecule has 146 valence electrons. The Morgan fingerprint density at radius 3 is 2.72 bits per heavy atom. The van der Waals surface area contributed by atoms with Crippen molar-refractivity contribution in [3.8, 4) is 0 Å². The second kappa shape index (κ2) is 12.5. The van der Waals surface area contributed by atoms with Gasteiger partial charge >= 0.3 is 0 Å². The summed E-state index contributed by atoms with van der Waals surface area (Å²) in [4.78, 5) is 6.77. The van der Waals surface area contributed by atoms with E-state index >= 15 is 0 Å². The molecule has 0 aromatic rings. The van der Waals surface area contributed by atoms with Crippen molar-refractivity contribution in [2.24, 2.45) is 10.9 Å². The molecule has 0 aromatic carbocycles. The summed E-state index contributed by atoms with van der Waals surface area (Å²) in [5.41, 5.74) is 0. The number of aliphatic imine (C=N–C) groups is 1. The van der Waals surface area contributed by atoms with Gasteiger partial charge in [-0.15, -0.1) is 0 Å². The molecule has 1 N–H and O–H groups in total. The smallest absolute Gasteiger partial charge is 0.193 e. The highest BCUT2D eigenvalue weighted by Crippen LogP contribution is 2.20. The number of hydrogen-bond acceptors (Lipinski definition) is 4. The Morgan fingerprint density at radius 1 is 1.12 bits per heavy atom. The number of nitrogens with one attached hydrogen (secondary N) is 1. The molecule has 1 aliphatic heterocycles. The van der Waals surface area contributed by atoms with Gasteiger partial charge in [0, 0.05) is 46.3 Å². The molecule has 6 heteroatoms. The molecule has 0 aromatic heterocycles. The molecule has 0 spiro atoms. The van der Waals surface area contributed by atoms with Crippen LogP contribution in [0.1, 0.15) is 44.9 Å². The van der Waals surface area contributed by atoms with Crippen LogP contribution in [-0.4, -0.2) is 77.2 Å². The summed E-state index contributed by atoms with van der Waals surface area (Å²) < 4.78 is 16.7. The van der Waals surface area contributed by atoms with Crippen LogP contribution >= 0.6 is 0 Å². The Balaban J connectivity index is 1.54. The Labute approximate surface area is 153 Å². The lowest BCUT2D eigenvalue weighted by Crippen LogP contribution is -2.41. The van der Waals surface area contributed by atoms with E-state index in [9.17, 15) is 0 Å². The van der Waals surface area contributed by atoms with Crippen molar-refractivity contribution in [1.82, 2.24) is 10.2 Å². The highest BCUT2D eigenvalue weighted by atomic mass is 16.5. The largest absolute Gasteiger partial charge is 0.382 e. The van der Waals surface area contributed by atoms with Crippen LogP contribution in [0.4, 0.5) is 0 Å². The third kappa shape index (κ3) is 7.92. The number of likely N-dealkylation sites (tertiary alicyclic amines) is 1. The lowest BCUT2D eigenvalue weighted by Gasteiger charge is -2.23. The zero-order valence-corrected chi connectivity index (χ0v) is 16.2. The quantitative estimate of drug-likeness (QED) is 0.370. The number of ether oxygens (including phenoxy) is 3. The lowest BCUT2D eigenvalue weighted by molar-refractivity contribution is 0.0276. The predicted molar refractivity (Wildman–Crippen MR) is 101 cm³/mol. The van der Waals surface area contributed by atoms with E-state index in [0.29, 0.717) is 25.2 Å². The van der Waals surface area contributed by atoms with Gasteiger partial charge in [0.25, 0.3) is 0 Å². The van der Waals surface area contributed by atoms with Gasteiger partial charge in [-0.25, -0.2) is 0 Å². The molecular weight excluding hydrogens is 318 g/mol. The van der Waals surface area contributed by atoms with Crippen molar-refractivity contribution in [1.29, 1.82) is 0 Å². The fourth-order valence-corrected chi connectivity index (χ4v) is 3.64. The van der Waals surface area contributed by atoms with E-state index in [2.05, 4.69) is 15.2 Å². The number of guanidine groups is 1. The molecule has 1 unspecified atom stereocenters. The maximum Gasteiger partial charge on any atom is 0.193 e. The first kappa shape index (κ1) is 20.5. The van der Waals surface area contributed by atoms with Crippen LogP contribution in [0.2, 0.25) is 0 Å². The SMILES string of the molecule is CN=C(NCCCOC1CCCCC1)N1CCC(COCCOC)C1. The topological polar surface area (TPSA) is 55.3 Å². The minimum absolute atomic E-state index is 0.505. The molecule has 2 rings (SSSR count). The highest BCUT2D eigenvalue weighted by molar-refractivity contribution is 5.80. The Bertz CT molecular complexity index is 373. The third-order valence-corrected chi connectivity index (χ3v) is 5.09. The molecule has 1 heterocycles. The predicted octanol–water partition coefficient (Wildman–Crippen LogP) is 2.29. The van der Waals surface area contributed by atoms with Crippen LogP contribution in [-0.2, 0) is 14.2 Å². The van der Waals surface area contributed by atoms with Crippen LogP contribution in [0.15, 0.2) is 4.99 Å². The van der Waals surface area contributed by atoms with E-state index in [1.807, 2.05) is 7.05 Å². The van der Waals surface area contributed by atoms with Crippen LogP contribution in [0.5, 0.6) is 0 Å². The van der Waals surface area contributed by atoms with E-state index in [1.165, 1.54) is 38.5 Å². The normalized spacial score (nSPS) is 22.6. The molecule has 1 aliphatic carbocycles. The molecule has 6 nitrogen and oxygen atoms in total. The van der Waals surface area contributed by atoms with Crippen LogP contribution < -0.4 is 5.32 Å². The summed E-state index contributed by atoms with van der Waals surface area (Å²) in [6.07, 6.45) is 9.25. The third-order valence-electron chi connectivity index (χ3n) is 5.09. The van der Waals surface area contributed by atoms with Gasteiger partial charge in [-0.1, -0.05) is 19.3 Å². The second-order valence-electron chi connectivity index (χ2n) is 7.13. The van der Waals surface area contributed by atoms with Gasteiger partial charge in [0.1, 0.15) is 0 Å². The van der Waals surface area contributed by atoms with E-state index in [0.717, 1.165) is 45.2 Å². The Morgan fingerprint density at radius 2 is 1.96 bits per heavy atom. The molecular formula is C19H37N3O3. The first-order valence-electron chi connectivity index (χ1n) is 9.97. The molecule has 0 bridgehead atoms. The first-order valence-corrected chi connectivity index (χ1v) is 9.97. The summed E-state index contributed by atoms with van der Waals surface area (Å²) in [5.74, 6) is 1.60. The number of methoxy groups -OCH3 is 1. The summed E-state index contributed by atoms with van der Waals surface area (Å²) in [6.45, 7) is 6.01. The number of rotatable bonds is 10. The minimum atomic E-state index is 0.505. The van der Waals surface area contributed by atoms with Gasteiger partial charge in [0.05, 0.1) is 25.9 Å².